The van der Waals surface area contributed by atoms with E-state index >= 15 is 0 Å². The van der Waals surface area contributed by atoms with Crippen LogP contribution in [0.25, 0.3) is 11.2 Å². The van der Waals surface area contributed by atoms with Crippen molar-refractivity contribution in [2.45, 2.75) is 25.9 Å². The van der Waals surface area contributed by atoms with Gasteiger partial charge in [0.25, 0.3) is 0 Å². The first-order valence-electron chi connectivity index (χ1n) is 8.24. The van der Waals surface area contributed by atoms with Crippen molar-refractivity contribution in [2.75, 3.05) is 23.0 Å². The number of nitrogen functional groups attached to an aromatic ring is 1. The van der Waals surface area contributed by atoms with E-state index in [4.69, 9.17) is 17.3 Å². The van der Waals surface area contributed by atoms with Gasteiger partial charge in [0.2, 0.25) is 5.95 Å². The Labute approximate surface area is 155 Å². The second kappa shape index (κ2) is 7.71. The molecule has 0 saturated heterocycles. The molecule has 0 fully saturated rings. The number of rotatable bonds is 7. The molecule has 0 aliphatic heterocycles. The highest BCUT2D eigenvalue weighted by Gasteiger charge is 2.15. The topological polar surface area (TPSA) is 127 Å². The summed E-state index contributed by atoms with van der Waals surface area (Å²) in [7, 11) is 1.76. The molecule has 0 saturated carbocycles. The van der Waals surface area contributed by atoms with E-state index in [-0.39, 0.29) is 12.6 Å². The van der Waals surface area contributed by atoms with Gasteiger partial charge in [0.15, 0.2) is 17.0 Å². The van der Waals surface area contributed by atoms with E-state index in [9.17, 15) is 5.11 Å². The zero-order valence-electron chi connectivity index (χ0n) is 14.6. The summed E-state index contributed by atoms with van der Waals surface area (Å²) in [6.45, 7) is 2.46. The van der Waals surface area contributed by atoms with Crippen molar-refractivity contribution in [3.63, 3.8) is 0 Å². The molecule has 9 nitrogen and oxygen atoms in total. The first-order chi connectivity index (χ1) is 12.5. The number of nitrogens with two attached hydrogens (primary N) is 1. The Kier molecular flexibility index (Phi) is 5.38. The molecule has 1 unspecified atom stereocenters. The monoisotopic (exact) mass is 376 g/mol. The number of hydrogen-bond donors (Lipinski definition) is 4. The van der Waals surface area contributed by atoms with Gasteiger partial charge in [-0.1, -0.05) is 29.8 Å². The van der Waals surface area contributed by atoms with Gasteiger partial charge in [-0.25, -0.2) is 4.68 Å². The number of fused-ring (bicyclic) bond motifs is 1. The van der Waals surface area contributed by atoms with Crippen LogP contribution in [0, 0.1) is 0 Å². The minimum Gasteiger partial charge on any atom is -0.398 e. The van der Waals surface area contributed by atoms with Crippen molar-refractivity contribution in [3.05, 3.63) is 28.8 Å². The largest absolute Gasteiger partial charge is 0.398 e. The van der Waals surface area contributed by atoms with Crippen LogP contribution < -0.4 is 16.4 Å². The smallest absolute Gasteiger partial charge is 0.227 e. The third kappa shape index (κ3) is 3.78. The molecule has 138 valence electrons. The lowest BCUT2D eigenvalue weighted by Gasteiger charge is -2.15. The minimum atomic E-state index is -0.127. The van der Waals surface area contributed by atoms with Crippen LogP contribution in [0.5, 0.6) is 0 Å². The maximum absolute atomic E-state index is 9.40. The lowest BCUT2D eigenvalue weighted by atomic mass is 10.2. The fourth-order valence-electron chi connectivity index (χ4n) is 2.45. The molecule has 5 N–H and O–H groups in total. The SMILES string of the molecule is CCC(CO)Nc1nc(NCc2ccc(Cl)c(N)c2)c2nnn(C)c2n1. The molecule has 26 heavy (non-hydrogen) atoms. The average molecular weight is 377 g/mol. The number of aryl methyl sites for hydroxylation is 1. The van der Waals surface area contributed by atoms with Crippen LogP contribution in [0.2, 0.25) is 5.02 Å². The predicted octanol–water partition coefficient (Wildman–Crippen LogP) is 1.79. The predicted molar refractivity (Wildman–Crippen MR) is 102 cm³/mol. The molecule has 0 aliphatic carbocycles. The van der Waals surface area contributed by atoms with Crippen LogP contribution in [0.3, 0.4) is 0 Å². The molecule has 0 spiro atoms. The standard InChI is InChI=1S/C16H21ClN8O/c1-3-10(8-26)20-16-21-14(13-15(22-16)25(2)24-23-13)19-7-9-4-5-11(17)12(18)6-9/h4-6,10,26H,3,7-8,18H2,1-2H3,(H2,19,20,21,22). The fraction of sp³-hybridized carbons (Fsp3) is 0.375. The minimum absolute atomic E-state index is 0.00561. The van der Waals surface area contributed by atoms with Crippen LogP contribution >= 0.6 is 11.6 Å². The molecule has 0 radical (unpaired) electrons. The third-order valence-electron chi connectivity index (χ3n) is 4.02. The van der Waals surface area contributed by atoms with Crippen molar-refractivity contribution < 1.29 is 5.11 Å². The summed E-state index contributed by atoms with van der Waals surface area (Å²) in [6.07, 6.45) is 0.744. The molecule has 2 heterocycles. The Morgan fingerprint density at radius 2 is 2.15 bits per heavy atom. The molecule has 0 aliphatic rings. The molecular formula is C16H21ClN8O. The second-order valence-electron chi connectivity index (χ2n) is 5.92. The summed E-state index contributed by atoms with van der Waals surface area (Å²) in [4.78, 5) is 8.93. The second-order valence-corrected chi connectivity index (χ2v) is 6.33. The van der Waals surface area contributed by atoms with Gasteiger partial charge >= 0.3 is 0 Å². The number of hydrogen-bond acceptors (Lipinski definition) is 8. The number of benzene rings is 1. The van der Waals surface area contributed by atoms with Gasteiger partial charge in [-0.2, -0.15) is 9.97 Å². The van der Waals surface area contributed by atoms with E-state index in [1.807, 2.05) is 19.1 Å². The summed E-state index contributed by atoms with van der Waals surface area (Å²) in [5.41, 5.74) is 8.49. The molecule has 10 heteroatoms. The molecule has 1 atom stereocenters. The lowest BCUT2D eigenvalue weighted by molar-refractivity contribution is 0.271. The van der Waals surface area contributed by atoms with E-state index in [2.05, 4.69) is 30.9 Å². The highest BCUT2D eigenvalue weighted by Crippen LogP contribution is 2.23. The Hall–Kier alpha value is -2.65. The molecule has 3 aromatic rings. The van der Waals surface area contributed by atoms with E-state index in [1.54, 1.807) is 17.8 Å². The van der Waals surface area contributed by atoms with Gasteiger partial charge < -0.3 is 21.5 Å². The number of nitrogens with one attached hydrogen (secondary N) is 2. The Morgan fingerprint density at radius 3 is 2.85 bits per heavy atom. The van der Waals surface area contributed by atoms with E-state index < -0.39 is 0 Å². The Bertz CT molecular complexity index is 909. The maximum Gasteiger partial charge on any atom is 0.227 e. The lowest BCUT2D eigenvalue weighted by Crippen LogP contribution is -2.24. The number of anilines is 3. The van der Waals surface area contributed by atoms with Crippen LogP contribution in [0.4, 0.5) is 17.5 Å². The average Bonchev–Trinajstić information content (AvgIpc) is 3.01. The zero-order chi connectivity index (χ0) is 18.7. The number of nitrogens with zero attached hydrogens (tertiary/aromatic N) is 5. The van der Waals surface area contributed by atoms with Crippen molar-refractivity contribution in [1.29, 1.82) is 0 Å². The Balaban J connectivity index is 1.89. The summed E-state index contributed by atoms with van der Waals surface area (Å²) in [6, 6.07) is 5.32. The molecule has 0 amide bonds. The van der Waals surface area contributed by atoms with Gasteiger partial charge in [0.05, 0.1) is 23.4 Å². The maximum atomic E-state index is 9.40. The molecule has 3 rings (SSSR count). The van der Waals surface area contributed by atoms with Crippen molar-refractivity contribution in [1.82, 2.24) is 25.0 Å². The van der Waals surface area contributed by atoms with Crippen LogP contribution in [-0.2, 0) is 13.6 Å². The highest BCUT2D eigenvalue weighted by molar-refractivity contribution is 6.33. The molecule has 1 aromatic carbocycles. The van der Waals surface area contributed by atoms with Gasteiger partial charge in [0.1, 0.15) is 0 Å². The number of aromatic nitrogens is 5. The van der Waals surface area contributed by atoms with Crippen molar-refractivity contribution in [3.8, 4) is 0 Å². The quantitative estimate of drug-likeness (QED) is 0.459. The number of halogens is 1. The highest BCUT2D eigenvalue weighted by atomic mass is 35.5. The molecular weight excluding hydrogens is 356 g/mol. The van der Waals surface area contributed by atoms with E-state index in [0.717, 1.165) is 12.0 Å². The van der Waals surface area contributed by atoms with Crippen LogP contribution in [-0.4, -0.2) is 42.7 Å². The van der Waals surface area contributed by atoms with E-state index in [0.29, 0.717) is 40.2 Å². The first kappa shape index (κ1) is 18.2. The Morgan fingerprint density at radius 1 is 1.35 bits per heavy atom. The zero-order valence-corrected chi connectivity index (χ0v) is 15.3. The van der Waals surface area contributed by atoms with Crippen molar-refractivity contribution >= 4 is 40.2 Å². The summed E-state index contributed by atoms with van der Waals surface area (Å²) >= 11 is 5.96. The number of aliphatic hydroxyl groups is 1. The normalized spacial score (nSPS) is 12.3. The van der Waals surface area contributed by atoms with E-state index in [1.165, 1.54) is 0 Å². The van der Waals surface area contributed by atoms with Crippen LogP contribution in [0.1, 0.15) is 18.9 Å². The summed E-state index contributed by atoms with van der Waals surface area (Å²) < 4.78 is 1.58. The summed E-state index contributed by atoms with van der Waals surface area (Å²) in [5, 5.41) is 24.4. The van der Waals surface area contributed by atoms with Gasteiger partial charge in [-0.15, -0.1) is 5.10 Å². The van der Waals surface area contributed by atoms with Crippen molar-refractivity contribution in [2.24, 2.45) is 7.05 Å². The van der Waals surface area contributed by atoms with Gasteiger partial charge in [-0.3, -0.25) is 0 Å². The molecule has 2 aromatic heterocycles. The number of aliphatic hydroxyl groups excluding tert-OH is 1. The summed E-state index contributed by atoms with van der Waals surface area (Å²) in [5.74, 6) is 0.953. The third-order valence-corrected chi connectivity index (χ3v) is 4.36. The molecule has 0 bridgehead atoms. The fourth-order valence-corrected chi connectivity index (χ4v) is 2.57. The first-order valence-corrected chi connectivity index (χ1v) is 8.62. The van der Waals surface area contributed by atoms with Gasteiger partial charge in [-0.05, 0) is 24.1 Å². The van der Waals surface area contributed by atoms with Gasteiger partial charge in [0, 0.05) is 13.6 Å². The van der Waals surface area contributed by atoms with Crippen LogP contribution in [0.15, 0.2) is 18.2 Å².